The standard InChI is InChI=1S/C36H70N4O4/c1-26(9-4-18-41-19-5-14-37)29-10-11-30-34-31(25-33(36(29,30)3)44-22-8-17-40)35(2)13-12-28(42-20-6-15-38)23-27(35)24-32(34)43-21-7-16-39/h26-34H,4-25,37-40H2,1-3H3/t26-,27?,28-,29-,30+,31+,32-,33+,34+,35+,36-/m1/s1. The second-order valence-corrected chi connectivity index (χ2v) is 15.4. The zero-order chi connectivity index (χ0) is 31.6. The molecule has 8 N–H and O–H groups in total. The summed E-state index contributed by atoms with van der Waals surface area (Å²) >= 11 is 0. The van der Waals surface area contributed by atoms with Crippen LogP contribution < -0.4 is 22.9 Å². The van der Waals surface area contributed by atoms with Crippen LogP contribution in [0.3, 0.4) is 0 Å². The molecule has 0 spiro atoms. The predicted octanol–water partition coefficient (Wildman–Crippen LogP) is 4.85. The molecule has 8 heteroatoms. The molecule has 258 valence electrons. The first kappa shape index (κ1) is 36.5. The third-order valence-corrected chi connectivity index (χ3v) is 12.9. The average molecular weight is 623 g/mol. The van der Waals surface area contributed by atoms with Crippen LogP contribution in [0, 0.1) is 46.3 Å². The van der Waals surface area contributed by atoms with Gasteiger partial charge in [0.05, 0.1) is 18.3 Å². The Hall–Kier alpha value is -0.320. The Labute approximate surface area is 269 Å². The molecular weight excluding hydrogens is 552 g/mol. The number of ether oxygens (including phenoxy) is 4. The molecule has 4 aliphatic carbocycles. The lowest BCUT2D eigenvalue weighted by atomic mass is 9.43. The monoisotopic (exact) mass is 623 g/mol. The molecule has 4 aliphatic rings. The molecule has 1 unspecified atom stereocenters. The van der Waals surface area contributed by atoms with Crippen LogP contribution in [0.5, 0.6) is 0 Å². The first-order valence-corrected chi connectivity index (χ1v) is 18.6. The molecule has 0 amide bonds. The van der Waals surface area contributed by atoms with E-state index in [9.17, 15) is 0 Å². The van der Waals surface area contributed by atoms with Crippen molar-refractivity contribution in [3.63, 3.8) is 0 Å². The van der Waals surface area contributed by atoms with Crippen molar-refractivity contribution in [2.24, 2.45) is 69.3 Å². The van der Waals surface area contributed by atoms with Crippen LogP contribution in [0.25, 0.3) is 0 Å². The third-order valence-electron chi connectivity index (χ3n) is 12.9. The van der Waals surface area contributed by atoms with E-state index in [0.717, 1.165) is 90.8 Å². The van der Waals surface area contributed by atoms with Gasteiger partial charge in [0.25, 0.3) is 0 Å². The maximum absolute atomic E-state index is 6.97. The first-order valence-electron chi connectivity index (χ1n) is 18.6. The van der Waals surface area contributed by atoms with Gasteiger partial charge in [0.1, 0.15) is 0 Å². The summed E-state index contributed by atoms with van der Waals surface area (Å²) in [6.07, 6.45) is 15.4. The van der Waals surface area contributed by atoms with Gasteiger partial charge in [-0.05, 0) is 151 Å². The van der Waals surface area contributed by atoms with Gasteiger partial charge in [-0.1, -0.05) is 20.8 Å². The Morgan fingerprint density at radius 1 is 0.682 bits per heavy atom. The van der Waals surface area contributed by atoms with Crippen molar-refractivity contribution >= 4 is 0 Å². The normalized spacial score (nSPS) is 39.1. The Kier molecular flexibility index (Phi) is 14.7. The first-order chi connectivity index (χ1) is 21.3. The molecular formula is C36H70N4O4. The van der Waals surface area contributed by atoms with Crippen molar-refractivity contribution < 1.29 is 18.9 Å². The van der Waals surface area contributed by atoms with E-state index in [-0.39, 0.29) is 11.5 Å². The minimum atomic E-state index is 0.150. The van der Waals surface area contributed by atoms with Crippen LogP contribution in [0.2, 0.25) is 0 Å². The summed E-state index contributed by atoms with van der Waals surface area (Å²) in [7, 11) is 0. The zero-order valence-corrected chi connectivity index (χ0v) is 28.7. The summed E-state index contributed by atoms with van der Waals surface area (Å²) in [5.41, 5.74) is 23.8. The molecule has 44 heavy (non-hydrogen) atoms. The highest BCUT2D eigenvalue weighted by Gasteiger charge is 2.66. The fraction of sp³-hybridized carbons (Fsp3) is 1.00. The average Bonchev–Trinajstić information content (AvgIpc) is 3.38. The Morgan fingerprint density at radius 3 is 2.02 bits per heavy atom. The number of fused-ring (bicyclic) bond motifs is 5. The lowest BCUT2D eigenvalue weighted by Gasteiger charge is -2.65. The fourth-order valence-electron chi connectivity index (χ4n) is 10.6. The molecule has 8 nitrogen and oxygen atoms in total. The van der Waals surface area contributed by atoms with Gasteiger partial charge in [0, 0.05) is 38.4 Å². The van der Waals surface area contributed by atoms with Gasteiger partial charge in [0.2, 0.25) is 0 Å². The van der Waals surface area contributed by atoms with Gasteiger partial charge in [-0.25, -0.2) is 0 Å². The van der Waals surface area contributed by atoms with Crippen LogP contribution in [-0.4, -0.2) is 77.5 Å². The molecule has 4 rings (SSSR count). The molecule has 4 saturated carbocycles. The second-order valence-electron chi connectivity index (χ2n) is 15.4. The highest BCUT2D eigenvalue weighted by atomic mass is 16.5. The summed E-state index contributed by atoms with van der Waals surface area (Å²) in [5.74, 6) is 3.73. The Balaban J connectivity index is 1.57. The highest BCUT2D eigenvalue weighted by molar-refractivity contribution is 5.15. The third kappa shape index (κ3) is 8.21. The molecule has 0 saturated heterocycles. The molecule has 11 atom stereocenters. The largest absolute Gasteiger partial charge is 0.381 e. The van der Waals surface area contributed by atoms with Gasteiger partial charge in [-0.15, -0.1) is 0 Å². The van der Waals surface area contributed by atoms with Gasteiger partial charge in [-0.2, -0.15) is 0 Å². The van der Waals surface area contributed by atoms with Crippen molar-refractivity contribution in [1.82, 2.24) is 0 Å². The zero-order valence-electron chi connectivity index (χ0n) is 28.7. The van der Waals surface area contributed by atoms with E-state index in [2.05, 4.69) is 20.8 Å². The Morgan fingerprint density at radius 2 is 1.32 bits per heavy atom. The van der Waals surface area contributed by atoms with Crippen molar-refractivity contribution in [3.05, 3.63) is 0 Å². The smallest absolute Gasteiger partial charge is 0.0637 e. The van der Waals surface area contributed by atoms with Gasteiger partial charge >= 0.3 is 0 Å². The van der Waals surface area contributed by atoms with E-state index in [1.807, 2.05) is 0 Å². The lowest BCUT2D eigenvalue weighted by molar-refractivity contribution is -0.227. The molecule has 0 bridgehead atoms. The number of nitrogens with two attached hydrogens (primary N) is 4. The van der Waals surface area contributed by atoms with Crippen LogP contribution >= 0.6 is 0 Å². The van der Waals surface area contributed by atoms with E-state index in [4.69, 9.17) is 41.9 Å². The lowest BCUT2D eigenvalue weighted by Crippen LogP contribution is -2.63. The van der Waals surface area contributed by atoms with E-state index in [1.54, 1.807) is 0 Å². The maximum Gasteiger partial charge on any atom is 0.0637 e. The van der Waals surface area contributed by atoms with Crippen LogP contribution in [0.15, 0.2) is 0 Å². The number of rotatable bonds is 20. The topological polar surface area (TPSA) is 141 Å². The van der Waals surface area contributed by atoms with E-state index >= 15 is 0 Å². The summed E-state index contributed by atoms with van der Waals surface area (Å²) in [5, 5.41) is 0. The molecule has 0 aromatic rings. The van der Waals surface area contributed by atoms with E-state index in [0.29, 0.717) is 79.3 Å². The van der Waals surface area contributed by atoms with E-state index in [1.165, 1.54) is 25.7 Å². The summed E-state index contributed by atoms with van der Waals surface area (Å²) < 4.78 is 26.1. The molecule has 0 aromatic carbocycles. The van der Waals surface area contributed by atoms with Crippen molar-refractivity contribution in [3.8, 4) is 0 Å². The predicted molar refractivity (Wildman–Crippen MR) is 179 cm³/mol. The van der Waals surface area contributed by atoms with Crippen molar-refractivity contribution in [2.45, 2.75) is 123 Å². The second kappa shape index (κ2) is 17.7. The molecule has 0 radical (unpaired) electrons. The number of hydrogen-bond donors (Lipinski definition) is 4. The quantitative estimate of drug-likeness (QED) is 0.141. The van der Waals surface area contributed by atoms with Crippen LogP contribution in [0.1, 0.15) is 104 Å². The van der Waals surface area contributed by atoms with Crippen LogP contribution in [-0.2, 0) is 18.9 Å². The summed E-state index contributed by atoms with van der Waals surface area (Å²) in [6.45, 7) is 14.4. The van der Waals surface area contributed by atoms with Gasteiger partial charge in [0.15, 0.2) is 0 Å². The van der Waals surface area contributed by atoms with Crippen LogP contribution in [0.4, 0.5) is 0 Å². The molecule has 4 fully saturated rings. The highest BCUT2D eigenvalue weighted by Crippen LogP contribution is 2.69. The van der Waals surface area contributed by atoms with Crippen molar-refractivity contribution in [2.75, 3.05) is 59.2 Å². The Bertz CT molecular complexity index is 821. The molecule has 0 aliphatic heterocycles. The maximum atomic E-state index is 6.97. The minimum absolute atomic E-state index is 0.150. The molecule has 0 aromatic heterocycles. The van der Waals surface area contributed by atoms with Gasteiger partial charge < -0.3 is 41.9 Å². The fourth-order valence-corrected chi connectivity index (χ4v) is 10.6. The SMILES string of the molecule is C[C@H](CCCOCCCN)[C@H]1CC[C@H]2[C@@H]3[C@H](OCCCN)CC4C[C@H](OCCCN)CC[C@]4(C)[C@H]3C[C@H](OCCCN)[C@]12C. The van der Waals surface area contributed by atoms with E-state index < -0.39 is 0 Å². The summed E-state index contributed by atoms with van der Waals surface area (Å²) in [4.78, 5) is 0. The number of hydrogen-bond acceptors (Lipinski definition) is 8. The molecule has 0 heterocycles. The van der Waals surface area contributed by atoms with Crippen molar-refractivity contribution in [1.29, 1.82) is 0 Å². The van der Waals surface area contributed by atoms with Gasteiger partial charge in [-0.3, -0.25) is 0 Å². The minimum Gasteiger partial charge on any atom is -0.381 e. The summed E-state index contributed by atoms with van der Waals surface area (Å²) in [6, 6.07) is 0.